The number of hydrogen-bond acceptors (Lipinski definition) is 3. The van der Waals surface area contributed by atoms with Crippen LogP contribution in [-0.4, -0.2) is 17.8 Å². The Morgan fingerprint density at radius 1 is 0.536 bits per heavy atom. The molecule has 0 radical (unpaired) electrons. The van der Waals surface area contributed by atoms with Gasteiger partial charge in [0.05, 0.1) is 11.4 Å². The van der Waals surface area contributed by atoms with E-state index in [2.05, 4.69) is 0 Å². The standard InChI is InChI=1S/C23H16N2O3/c26-21-20(16-17-10-4-1-5-11-17)22(27)25(19-14-8-3-9-15-19)23(28)24(21)18-12-6-2-7-13-18/h1-16H. The van der Waals surface area contributed by atoms with Crippen LogP contribution in [0, 0.1) is 0 Å². The highest BCUT2D eigenvalue weighted by atomic mass is 16.2. The van der Waals surface area contributed by atoms with E-state index in [4.69, 9.17) is 0 Å². The molecule has 5 nitrogen and oxygen atoms in total. The summed E-state index contributed by atoms with van der Waals surface area (Å²) in [7, 11) is 0. The highest BCUT2D eigenvalue weighted by Crippen LogP contribution is 2.29. The summed E-state index contributed by atoms with van der Waals surface area (Å²) in [6, 6.07) is 25.6. The predicted molar refractivity (Wildman–Crippen MR) is 108 cm³/mol. The number of carbonyl (C=O) groups excluding carboxylic acids is 3. The zero-order chi connectivity index (χ0) is 19.5. The second kappa shape index (κ2) is 7.32. The molecule has 1 fully saturated rings. The largest absolute Gasteiger partial charge is 0.343 e. The van der Waals surface area contributed by atoms with Gasteiger partial charge in [-0.3, -0.25) is 9.59 Å². The Kier molecular flexibility index (Phi) is 4.56. The highest BCUT2D eigenvalue weighted by molar-refractivity contribution is 6.46. The molecule has 136 valence electrons. The van der Waals surface area contributed by atoms with Crippen LogP contribution < -0.4 is 9.80 Å². The molecule has 0 aromatic heterocycles. The zero-order valence-electron chi connectivity index (χ0n) is 14.9. The molecule has 0 spiro atoms. The monoisotopic (exact) mass is 368 g/mol. The highest BCUT2D eigenvalue weighted by Gasteiger charge is 2.43. The van der Waals surface area contributed by atoms with Crippen LogP contribution in [0.25, 0.3) is 6.08 Å². The smallest absolute Gasteiger partial charge is 0.268 e. The number of amides is 4. The lowest BCUT2D eigenvalue weighted by molar-refractivity contribution is -0.121. The number of nitrogens with zero attached hydrogens (tertiary/aromatic N) is 2. The normalized spacial score (nSPS) is 14.4. The molecule has 4 amide bonds. The summed E-state index contributed by atoms with van der Waals surface area (Å²) >= 11 is 0. The van der Waals surface area contributed by atoms with Crippen LogP contribution in [0.3, 0.4) is 0 Å². The van der Waals surface area contributed by atoms with Crippen molar-refractivity contribution < 1.29 is 14.4 Å². The molecule has 0 atom stereocenters. The number of barbiturate groups is 1. The topological polar surface area (TPSA) is 57.7 Å². The Labute approximate surface area is 162 Å². The molecule has 1 saturated heterocycles. The molecule has 0 unspecified atom stereocenters. The molecular formula is C23H16N2O3. The molecule has 0 aliphatic carbocycles. The van der Waals surface area contributed by atoms with Gasteiger partial charge in [0.2, 0.25) is 0 Å². The van der Waals surface area contributed by atoms with E-state index < -0.39 is 17.8 Å². The van der Waals surface area contributed by atoms with Gasteiger partial charge in [-0.15, -0.1) is 0 Å². The van der Waals surface area contributed by atoms with Gasteiger partial charge in [-0.05, 0) is 35.9 Å². The van der Waals surface area contributed by atoms with E-state index in [1.165, 1.54) is 6.08 Å². The maximum atomic E-state index is 13.1. The Bertz CT molecular complexity index is 997. The first kappa shape index (κ1) is 17.4. The fourth-order valence-electron chi connectivity index (χ4n) is 3.06. The number of para-hydroxylation sites is 2. The van der Waals surface area contributed by atoms with Crippen molar-refractivity contribution in [3.05, 3.63) is 102 Å². The first-order valence-corrected chi connectivity index (χ1v) is 8.76. The summed E-state index contributed by atoms with van der Waals surface area (Å²) in [6.07, 6.45) is 1.52. The molecular weight excluding hydrogens is 352 g/mol. The lowest BCUT2D eigenvalue weighted by atomic mass is 10.0. The molecule has 0 bridgehead atoms. The van der Waals surface area contributed by atoms with E-state index in [9.17, 15) is 14.4 Å². The molecule has 5 heteroatoms. The van der Waals surface area contributed by atoms with E-state index in [0.29, 0.717) is 16.9 Å². The van der Waals surface area contributed by atoms with Gasteiger partial charge in [0, 0.05) is 0 Å². The van der Waals surface area contributed by atoms with Gasteiger partial charge in [-0.25, -0.2) is 14.6 Å². The van der Waals surface area contributed by atoms with Crippen molar-refractivity contribution in [2.24, 2.45) is 0 Å². The second-order valence-corrected chi connectivity index (χ2v) is 6.20. The molecule has 3 aromatic rings. The number of hydrogen-bond donors (Lipinski definition) is 0. The van der Waals surface area contributed by atoms with Crippen molar-refractivity contribution in [1.29, 1.82) is 0 Å². The fourth-order valence-corrected chi connectivity index (χ4v) is 3.06. The summed E-state index contributed by atoms with van der Waals surface area (Å²) in [4.78, 5) is 41.4. The SMILES string of the molecule is O=C1C(=Cc2ccccc2)C(=O)N(c2ccccc2)C(=O)N1c1ccccc1. The van der Waals surface area contributed by atoms with E-state index in [1.807, 2.05) is 18.2 Å². The van der Waals surface area contributed by atoms with Crippen molar-refractivity contribution in [1.82, 2.24) is 0 Å². The first-order valence-electron chi connectivity index (χ1n) is 8.76. The molecule has 3 aromatic carbocycles. The maximum Gasteiger partial charge on any atom is 0.343 e. The number of benzene rings is 3. The van der Waals surface area contributed by atoms with E-state index in [0.717, 1.165) is 9.80 Å². The number of carbonyl (C=O) groups is 3. The van der Waals surface area contributed by atoms with Gasteiger partial charge in [-0.2, -0.15) is 0 Å². The minimum Gasteiger partial charge on any atom is -0.268 e. The number of anilines is 2. The van der Waals surface area contributed by atoms with Crippen molar-refractivity contribution in [3.63, 3.8) is 0 Å². The van der Waals surface area contributed by atoms with Crippen molar-refractivity contribution >= 4 is 35.3 Å². The molecule has 28 heavy (non-hydrogen) atoms. The average Bonchev–Trinajstić information content (AvgIpc) is 2.74. The molecule has 0 saturated carbocycles. The Morgan fingerprint density at radius 2 is 0.929 bits per heavy atom. The molecule has 1 aliphatic rings. The van der Waals surface area contributed by atoms with Gasteiger partial charge in [0.25, 0.3) is 11.8 Å². The maximum absolute atomic E-state index is 13.1. The van der Waals surface area contributed by atoms with Crippen molar-refractivity contribution in [3.8, 4) is 0 Å². The third kappa shape index (κ3) is 3.10. The number of rotatable bonds is 3. The van der Waals surface area contributed by atoms with E-state index in [-0.39, 0.29) is 5.57 Å². The van der Waals surface area contributed by atoms with Crippen LogP contribution in [-0.2, 0) is 9.59 Å². The van der Waals surface area contributed by atoms with Crippen LogP contribution in [0.1, 0.15) is 5.56 Å². The number of urea groups is 1. The van der Waals surface area contributed by atoms with Crippen LogP contribution >= 0.6 is 0 Å². The van der Waals surface area contributed by atoms with Crippen LogP contribution in [0.15, 0.2) is 96.6 Å². The van der Waals surface area contributed by atoms with Crippen LogP contribution in [0.4, 0.5) is 16.2 Å². The average molecular weight is 368 g/mol. The third-order valence-electron chi connectivity index (χ3n) is 4.39. The fraction of sp³-hybridized carbons (Fsp3) is 0. The minimum absolute atomic E-state index is 0.0708. The lowest BCUT2D eigenvalue weighted by Gasteiger charge is -2.33. The predicted octanol–water partition coefficient (Wildman–Crippen LogP) is 4.27. The first-order chi connectivity index (χ1) is 13.7. The second-order valence-electron chi connectivity index (χ2n) is 6.20. The Balaban J connectivity index is 1.87. The molecule has 1 heterocycles. The van der Waals surface area contributed by atoms with Crippen LogP contribution in [0.5, 0.6) is 0 Å². The van der Waals surface area contributed by atoms with Gasteiger partial charge in [-0.1, -0.05) is 66.7 Å². The van der Waals surface area contributed by atoms with Gasteiger partial charge in [0.1, 0.15) is 5.57 Å². The summed E-state index contributed by atoms with van der Waals surface area (Å²) < 4.78 is 0. The third-order valence-corrected chi connectivity index (χ3v) is 4.39. The zero-order valence-corrected chi connectivity index (χ0v) is 14.9. The minimum atomic E-state index is -0.697. The molecule has 0 N–H and O–H groups in total. The van der Waals surface area contributed by atoms with Gasteiger partial charge < -0.3 is 0 Å². The van der Waals surface area contributed by atoms with Gasteiger partial charge >= 0.3 is 6.03 Å². The molecule has 1 aliphatic heterocycles. The molecule has 4 rings (SSSR count). The summed E-state index contributed by atoms with van der Waals surface area (Å²) in [5.74, 6) is -1.28. The Morgan fingerprint density at radius 3 is 1.36 bits per heavy atom. The van der Waals surface area contributed by atoms with Crippen molar-refractivity contribution in [2.75, 3.05) is 9.80 Å². The lowest BCUT2D eigenvalue weighted by Crippen LogP contribution is -2.57. The van der Waals surface area contributed by atoms with E-state index >= 15 is 0 Å². The Hall–Kier alpha value is -3.99. The van der Waals surface area contributed by atoms with Crippen molar-refractivity contribution in [2.45, 2.75) is 0 Å². The summed E-state index contributed by atoms with van der Waals surface area (Å²) in [5, 5.41) is 0. The summed E-state index contributed by atoms with van der Waals surface area (Å²) in [6.45, 7) is 0. The van der Waals surface area contributed by atoms with Crippen LogP contribution in [0.2, 0.25) is 0 Å². The summed E-state index contributed by atoms with van der Waals surface area (Å²) in [5.41, 5.74) is 1.45. The van der Waals surface area contributed by atoms with Gasteiger partial charge in [0.15, 0.2) is 0 Å². The number of imide groups is 2. The quantitative estimate of drug-likeness (QED) is 0.512. The van der Waals surface area contributed by atoms with E-state index in [1.54, 1.807) is 72.8 Å².